The van der Waals surface area contributed by atoms with E-state index in [2.05, 4.69) is 19.1 Å². The Morgan fingerprint density at radius 3 is 2.81 bits per heavy atom. The number of benzene rings is 1. The molecular formula is C18H25NO2. The van der Waals surface area contributed by atoms with Crippen molar-refractivity contribution in [1.29, 1.82) is 0 Å². The largest absolute Gasteiger partial charge is 0.446 e. The molecule has 3 rings (SSSR count). The number of carbonyl (C=O) groups is 1. The summed E-state index contributed by atoms with van der Waals surface area (Å²) in [5.74, 6) is 0.657. The summed E-state index contributed by atoms with van der Waals surface area (Å²) < 4.78 is 5.43. The van der Waals surface area contributed by atoms with Crippen LogP contribution in [0.15, 0.2) is 12.1 Å². The fourth-order valence-electron chi connectivity index (χ4n) is 3.51. The molecule has 3 heteroatoms. The van der Waals surface area contributed by atoms with Crippen LogP contribution in [0.2, 0.25) is 0 Å². The van der Waals surface area contributed by atoms with Gasteiger partial charge < -0.3 is 4.74 Å². The number of nitrogens with zero attached hydrogens (tertiary/aromatic N) is 1. The highest BCUT2D eigenvalue weighted by Gasteiger charge is 2.27. The van der Waals surface area contributed by atoms with E-state index in [1.807, 2.05) is 18.7 Å². The predicted octanol–water partition coefficient (Wildman–Crippen LogP) is 4.42. The second-order valence-corrected chi connectivity index (χ2v) is 6.66. The number of aryl methyl sites for hydroxylation is 2. The highest BCUT2D eigenvalue weighted by atomic mass is 16.6. The van der Waals surface area contributed by atoms with E-state index in [1.54, 1.807) is 0 Å². The Balaban J connectivity index is 1.98. The topological polar surface area (TPSA) is 29.5 Å². The molecular weight excluding hydrogens is 262 g/mol. The van der Waals surface area contributed by atoms with Gasteiger partial charge in [0.15, 0.2) is 0 Å². The van der Waals surface area contributed by atoms with Gasteiger partial charge in [0.2, 0.25) is 0 Å². The van der Waals surface area contributed by atoms with Gasteiger partial charge in [-0.1, -0.05) is 13.0 Å². The van der Waals surface area contributed by atoms with Gasteiger partial charge in [-0.2, -0.15) is 0 Å². The molecule has 114 valence electrons. The van der Waals surface area contributed by atoms with E-state index in [9.17, 15) is 4.79 Å². The van der Waals surface area contributed by atoms with Gasteiger partial charge in [-0.3, -0.25) is 4.90 Å². The van der Waals surface area contributed by atoms with Crippen LogP contribution in [0.25, 0.3) is 0 Å². The second-order valence-electron chi connectivity index (χ2n) is 6.66. The maximum Gasteiger partial charge on any atom is 0.414 e. The fraction of sp³-hybridized carbons (Fsp3) is 0.611. The van der Waals surface area contributed by atoms with Crippen molar-refractivity contribution in [3.8, 4) is 0 Å². The normalized spacial score (nSPS) is 21.0. The van der Waals surface area contributed by atoms with Crippen molar-refractivity contribution in [2.45, 2.75) is 64.9 Å². The molecule has 1 aromatic rings. The summed E-state index contributed by atoms with van der Waals surface area (Å²) in [6, 6.07) is 4.60. The predicted molar refractivity (Wildman–Crippen MR) is 85.1 cm³/mol. The van der Waals surface area contributed by atoms with Crippen LogP contribution < -0.4 is 4.90 Å². The van der Waals surface area contributed by atoms with Crippen LogP contribution in [0, 0.1) is 0 Å². The minimum Gasteiger partial charge on any atom is -0.446 e. The van der Waals surface area contributed by atoms with Crippen molar-refractivity contribution in [3.63, 3.8) is 0 Å². The van der Waals surface area contributed by atoms with Gasteiger partial charge in [0.05, 0.1) is 11.8 Å². The van der Waals surface area contributed by atoms with Crippen molar-refractivity contribution in [1.82, 2.24) is 0 Å². The third kappa shape index (κ3) is 2.78. The van der Waals surface area contributed by atoms with Crippen LogP contribution in [-0.2, 0) is 17.6 Å². The first kappa shape index (κ1) is 14.4. The molecule has 0 aromatic heterocycles. The van der Waals surface area contributed by atoms with Crippen LogP contribution >= 0.6 is 0 Å². The van der Waals surface area contributed by atoms with Crippen LogP contribution in [0.4, 0.5) is 10.5 Å². The van der Waals surface area contributed by atoms with E-state index < -0.39 is 0 Å². The number of carbonyl (C=O) groups excluding carboxylic acids is 1. The summed E-state index contributed by atoms with van der Waals surface area (Å²) in [5.41, 5.74) is 5.32. The SMILES string of the molecule is CC(C)OC(=O)N1CCCCc2cc3c(cc21)CCC3C. The van der Waals surface area contributed by atoms with E-state index in [0.29, 0.717) is 5.92 Å². The lowest BCUT2D eigenvalue weighted by Gasteiger charge is -2.24. The van der Waals surface area contributed by atoms with E-state index in [1.165, 1.54) is 23.1 Å². The summed E-state index contributed by atoms with van der Waals surface area (Å²) in [6.07, 6.45) is 5.36. The molecule has 0 saturated carbocycles. The Labute approximate surface area is 127 Å². The van der Waals surface area contributed by atoms with Gasteiger partial charge in [-0.15, -0.1) is 0 Å². The zero-order valence-corrected chi connectivity index (χ0v) is 13.3. The van der Waals surface area contributed by atoms with Gasteiger partial charge in [0.1, 0.15) is 0 Å². The van der Waals surface area contributed by atoms with Gasteiger partial charge in [-0.25, -0.2) is 4.79 Å². The van der Waals surface area contributed by atoms with Crippen molar-refractivity contribution in [3.05, 3.63) is 28.8 Å². The van der Waals surface area contributed by atoms with E-state index in [4.69, 9.17) is 4.74 Å². The maximum absolute atomic E-state index is 12.4. The summed E-state index contributed by atoms with van der Waals surface area (Å²) in [7, 11) is 0. The van der Waals surface area contributed by atoms with Crippen LogP contribution in [0.5, 0.6) is 0 Å². The molecule has 1 aromatic carbocycles. The first-order valence-corrected chi connectivity index (χ1v) is 8.20. The van der Waals surface area contributed by atoms with Gasteiger partial charge >= 0.3 is 6.09 Å². The zero-order chi connectivity index (χ0) is 15.0. The number of rotatable bonds is 1. The third-order valence-electron chi connectivity index (χ3n) is 4.64. The van der Waals surface area contributed by atoms with Crippen molar-refractivity contribution in [2.24, 2.45) is 0 Å². The molecule has 1 atom stereocenters. The number of amides is 1. The standard InChI is InChI=1S/C18H25NO2/c1-12(2)21-18(20)19-9-5-4-6-15-10-16-13(3)7-8-14(16)11-17(15)19/h10-13H,4-9H2,1-3H3. The lowest BCUT2D eigenvalue weighted by atomic mass is 9.97. The molecule has 0 bridgehead atoms. The van der Waals surface area contributed by atoms with Crippen molar-refractivity contribution < 1.29 is 9.53 Å². The van der Waals surface area contributed by atoms with E-state index in [-0.39, 0.29) is 12.2 Å². The van der Waals surface area contributed by atoms with Gasteiger partial charge in [0, 0.05) is 6.54 Å². The zero-order valence-electron chi connectivity index (χ0n) is 13.3. The number of ether oxygens (including phenoxy) is 1. The first-order valence-electron chi connectivity index (χ1n) is 8.20. The van der Waals surface area contributed by atoms with E-state index in [0.717, 1.165) is 37.9 Å². The Morgan fingerprint density at radius 2 is 2.05 bits per heavy atom. The molecule has 1 heterocycles. The molecule has 0 spiro atoms. The molecule has 2 aliphatic rings. The molecule has 3 nitrogen and oxygen atoms in total. The Hall–Kier alpha value is -1.51. The van der Waals surface area contributed by atoms with Crippen molar-refractivity contribution in [2.75, 3.05) is 11.4 Å². The number of anilines is 1. The highest BCUT2D eigenvalue weighted by molar-refractivity contribution is 5.89. The summed E-state index contributed by atoms with van der Waals surface area (Å²) >= 11 is 0. The molecule has 0 saturated heterocycles. The highest BCUT2D eigenvalue weighted by Crippen LogP contribution is 2.38. The Kier molecular flexibility index (Phi) is 3.92. The van der Waals surface area contributed by atoms with Crippen molar-refractivity contribution >= 4 is 11.8 Å². The minimum atomic E-state index is -0.195. The van der Waals surface area contributed by atoms with Gasteiger partial charge in [0.25, 0.3) is 0 Å². The summed E-state index contributed by atoms with van der Waals surface area (Å²) in [6.45, 7) is 6.88. The number of fused-ring (bicyclic) bond motifs is 2. The quantitative estimate of drug-likeness (QED) is 0.765. The molecule has 0 N–H and O–H groups in total. The first-order chi connectivity index (χ1) is 10.1. The molecule has 1 aliphatic carbocycles. The molecule has 1 amide bonds. The molecule has 21 heavy (non-hydrogen) atoms. The lowest BCUT2D eigenvalue weighted by molar-refractivity contribution is 0.122. The fourth-order valence-corrected chi connectivity index (χ4v) is 3.51. The second kappa shape index (κ2) is 5.70. The summed E-state index contributed by atoms with van der Waals surface area (Å²) in [4.78, 5) is 14.2. The Bertz CT molecular complexity index is 550. The molecule has 0 fully saturated rings. The van der Waals surface area contributed by atoms with Gasteiger partial charge in [-0.05, 0) is 74.6 Å². The smallest absolute Gasteiger partial charge is 0.414 e. The Morgan fingerprint density at radius 1 is 1.24 bits per heavy atom. The van der Waals surface area contributed by atoms with Crippen LogP contribution in [0.3, 0.4) is 0 Å². The van der Waals surface area contributed by atoms with Crippen LogP contribution in [-0.4, -0.2) is 18.7 Å². The number of hydrogen-bond acceptors (Lipinski definition) is 2. The van der Waals surface area contributed by atoms with E-state index >= 15 is 0 Å². The van der Waals surface area contributed by atoms with Crippen LogP contribution in [0.1, 0.15) is 62.6 Å². The average Bonchev–Trinajstić information content (AvgIpc) is 2.67. The number of hydrogen-bond donors (Lipinski definition) is 0. The lowest BCUT2D eigenvalue weighted by Crippen LogP contribution is -2.34. The minimum absolute atomic E-state index is 0.0707. The average molecular weight is 287 g/mol. The third-order valence-corrected chi connectivity index (χ3v) is 4.64. The molecule has 0 radical (unpaired) electrons. The maximum atomic E-state index is 12.4. The summed E-state index contributed by atoms with van der Waals surface area (Å²) in [5, 5.41) is 0. The monoisotopic (exact) mass is 287 g/mol. The molecule has 1 unspecified atom stereocenters. The molecule has 1 aliphatic heterocycles.